The smallest absolute Gasteiger partial charge is 0.163 e. The van der Waals surface area contributed by atoms with Crippen LogP contribution in [0, 0.1) is 11.8 Å². The third kappa shape index (κ3) is 3.09. The van der Waals surface area contributed by atoms with E-state index in [2.05, 4.69) is 6.92 Å². The summed E-state index contributed by atoms with van der Waals surface area (Å²) >= 11 is 0. The van der Waals surface area contributed by atoms with Gasteiger partial charge in [0.1, 0.15) is 5.78 Å². The second kappa shape index (κ2) is 6.31. The number of carbonyl (C=O) groups excluding carboxylic acids is 2. The molecule has 2 atom stereocenters. The maximum Gasteiger partial charge on any atom is 0.163 e. The van der Waals surface area contributed by atoms with Crippen LogP contribution >= 0.6 is 0 Å². The highest BCUT2D eigenvalue weighted by Crippen LogP contribution is 2.41. The highest BCUT2D eigenvalue weighted by Gasteiger charge is 2.37. The van der Waals surface area contributed by atoms with E-state index in [9.17, 15) is 9.59 Å². The van der Waals surface area contributed by atoms with Gasteiger partial charge in [0, 0.05) is 5.92 Å². The zero-order chi connectivity index (χ0) is 13.0. The molecule has 1 fully saturated rings. The Morgan fingerprint density at radius 2 is 1.89 bits per heavy atom. The lowest BCUT2D eigenvalue weighted by Gasteiger charge is -2.19. The summed E-state index contributed by atoms with van der Waals surface area (Å²) in [5, 5.41) is 0. The summed E-state index contributed by atoms with van der Waals surface area (Å²) in [6.07, 6.45) is 11.2. The summed E-state index contributed by atoms with van der Waals surface area (Å²) in [6, 6.07) is 0. The standard InChI is InChI=1S/C16H24O2/c1-2-3-4-5-7-12-10-13(17)11-16(18)15-9-6-8-14(12)15/h10,14-15H,2-9,11H2,1H3/t14-,15-/m1/s1. The van der Waals surface area contributed by atoms with Crippen LogP contribution in [0.4, 0.5) is 0 Å². The van der Waals surface area contributed by atoms with Crippen LogP contribution in [-0.2, 0) is 9.59 Å². The number of hydrogen-bond acceptors (Lipinski definition) is 2. The third-order valence-electron chi connectivity index (χ3n) is 4.42. The first-order chi connectivity index (χ1) is 8.72. The van der Waals surface area contributed by atoms with Crippen molar-refractivity contribution in [2.24, 2.45) is 11.8 Å². The molecule has 0 amide bonds. The fourth-order valence-corrected chi connectivity index (χ4v) is 3.47. The fraction of sp³-hybridized carbons (Fsp3) is 0.750. The average molecular weight is 248 g/mol. The predicted molar refractivity (Wildman–Crippen MR) is 72.3 cm³/mol. The molecule has 2 nitrogen and oxygen atoms in total. The van der Waals surface area contributed by atoms with E-state index >= 15 is 0 Å². The van der Waals surface area contributed by atoms with E-state index in [1.807, 2.05) is 0 Å². The van der Waals surface area contributed by atoms with E-state index in [0.29, 0.717) is 5.92 Å². The van der Waals surface area contributed by atoms with Gasteiger partial charge in [-0.25, -0.2) is 0 Å². The summed E-state index contributed by atoms with van der Waals surface area (Å²) < 4.78 is 0. The molecule has 100 valence electrons. The molecule has 0 aromatic heterocycles. The van der Waals surface area contributed by atoms with Crippen molar-refractivity contribution in [3.05, 3.63) is 11.6 Å². The molecule has 2 aliphatic carbocycles. The largest absolute Gasteiger partial charge is 0.299 e. The molecule has 0 heterocycles. The maximum absolute atomic E-state index is 12.0. The van der Waals surface area contributed by atoms with Crippen LogP contribution in [0.1, 0.15) is 64.7 Å². The zero-order valence-electron chi connectivity index (χ0n) is 11.4. The number of rotatable bonds is 5. The first kappa shape index (κ1) is 13.5. The van der Waals surface area contributed by atoms with Gasteiger partial charge in [0.15, 0.2) is 5.78 Å². The molecule has 1 saturated carbocycles. The van der Waals surface area contributed by atoms with Gasteiger partial charge in [0.05, 0.1) is 6.42 Å². The summed E-state index contributed by atoms with van der Waals surface area (Å²) in [6.45, 7) is 2.21. The Balaban J connectivity index is 2.01. The summed E-state index contributed by atoms with van der Waals surface area (Å²) in [4.78, 5) is 23.7. The van der Waals surface area contributed by atoms with Crippen LogP contribution in [0.25, 0.3) is 0 Å². The number of allylic oxidation sites excluding steroid dienone is 2. The Hall–Kier alpha value is -0.920. The van der Waals surface area contributed by atoms with Gasteiger partial charge < -0.3 is 0 Å². The third-order valence-corrected chi connectivity index (χ3v) is 4.42. The van der Waals surface area contributed by atoms with Gasteiger partial charge in [-0.15, -0.1) is 0 Å². The van der Waals surface area contributed by atoms with Crippen molar-refractivity contribution < 1.29 is 9.59 Å². The molecule has 2 heteroatoms. The van der Waals surface area contributed by atoms with E-state index in [0.717, 1.165) is 25.7 Å². The molecule has 18 heavy (non-hydrogen) atoms. The Morgan fingerprint density at radius 1 is 1.11 bits per heavy atom. The van der Waals surface area contributed by atoms with Gasteiger partial charge in [-0.1, -0.05) is 38.2 Å². The lowest BCUT2D eigenvalue weighted by atomic mass is 9.85. The van der Waals surface area contributed by atoms with Crippen molar-refractivity contribution in [2.75, 3.05) is 0 Å². The quantitative estimate of drug-likeness (QED) is 0.547. The molecule has 0 saturated heterocycles. The highest BCUT2D eigenvalue weighted by atomic mass is 16.1. The average Bonchev–Trinajstić information content (AvgIpc) is 2.78. The minimum Gasteiger partial charge on any atom is -0.299 e. The molecular formula is C16H24O2. The first-order valence-corrected chi connectivity index (χ1v) is 7.48. The number of fused-ring (bicyclic) bond motifs is 1. The fourth-order valence-electron chi connectivity index (χ4n) is 3.47. The molecule has 0 radical (unpaired) electrons. The van der Waals surface area contributed by atoms with Crippen LogP contribution in [-0.4, -0.2) is 11.6 Å². The van der Waals surface area contributed by atoms with Gasteiger partial charge in [-0.2, -0.15) is 0 Å². The summed E-state index contributed by atoms with van der Waals surface area (Å²) in [5.74, 6) is 0.793. The molecule has 0 bridgehead atoms. The molecule has 0 unspecified atom stereocenters. The van der Waals surface area contributed by atoms with Crippen LogP contribution in [0.2, 0.25) is 0 Å². The monoisotopic (exact) mass is 248 g/mol. The van der Waals surface area contributed by atoms with E-state index in [-0.39, 0.29) is 23.9 Å². The molecule has 0 N–H and O–H groups in total. The normalized spacial score (nSPS) is 27.9. The van der Waals surface area contributed by atoms with Gasteiger partial charge in [0.25, 0.3) is 0 Å². The van der Waals surface area contributed by atoms with Crippen molar-refractivity contribution in [1.29, 1.82) is 0 Å². The summed E-state index contributed by atoms with van der Waals surface area (Å²) in [5.41, 5.74) is 1.28. The Morgan fingerprint density at radius 3 is 2.67 bits per heavy atom. The number of carbonyl (C=O) groups is 2. The predicted octanol–water partition coefficient (Wildman–Crippen LogP) is 3.84. The Kier molecular flexibility index (Phi) is 4.73. The lowest BCUT2D eigenvalue weighted by molar-refractivity contribution is -0.127. The van der Waals surface area contributed by atoms with Gasteiger partial charge in [0.2, 0.25) is 0 Å². The molecule has 2 aliphatic rings. The second-order valence-electron chi connectivity index (χ2n) is 5.78. The van der Waals surface area contributed by atoms with E-state index in [4.69, 9.17) is 0 Å². The van der Waals surface area contributed by atoms with E-state index in [1.165, 1.54) is 31.3 Å². The minimum absolute atomic E-state index is 0.0416. The Labute approximate surface area is 110 Å². The molecule has 2 rings (SSSR count). The number of unbranched alkanes of at least 4 members (excludes halogenated alkanes) is 3. The van der Waals surface area contributed by atoms with E-state index in [1.54, 1.807) is 6.08 Å². The van der Waals surface area contributed by atoms with E-state index < -0.39 is 0 Å². The Bertz CT molecular complexity index is 354. The van der Waals surface area contributed by atoms with Crippen molar-refractivity contribution >= 4 is 11.6 Å². The molecule has 0 aromatic rings. The lowest BCUT2D eigenvalue weighted by Crippen LogP contribution is -2.19. The van der Waals surface area contributed by atoms with Gasteiger partial charge in [-0.3, -0.25) is 9.59 Å². The summed E-state index contributed by atoms with van der Waals surface area (Å²) in [7, 11) is 0. The first-order valence-electron chi connectivity index (χ1n) is 7.48. The number of ketones is 2. The molecule has 0 aliphatic heterocycles. The van der Waals surface area contributed by atoms with Crippen molar-refractivity contribution in [1.82, 2.24) is 0 Å². The molecule has 0 aromatic carbocycles. The van der Waals surface area contributed by atoms with Crippen LogP contribution in [0.5, 0.6) is 0 Å². The number of hydrogen-bond donors (Lipinski definition) is 0. The maximum atomic E-state index is 12.0. The molecule has 0 spiro atoms. The van der Waals surface area contributed by atoms with Gasteiger partial charge >= 0.3 is 0 Å². The zero-order valence-corrected chi connectivity index (χ0v) is 11.4. The highest BCUT2D eigenvalue weighted by molar-refractivity contribution is 6.06. The molecular weight excluding hydrogens is 224 g/mol. The minimum atomic E-state index is 0.0416. The van der Waals surface area contributed by atoms with Crippen molar-refractivity contribution in [3.8, 4) is 0 Å². The second-order valence-corrected chi connectivity index (χ2v) is 5.78. The number of Topliss-reactive ketones (excluding diaryl/α,β-unsaturated/α-hetero) is 1. The van der Waals surface area contributed by atoms with Crippen molar-refractivity contribution in [2.45, 2.75) is 64.7 Å². The van der Waals surface area contributed by atoms with Crippen LogP contribution in [0.3, 0.4) is 0 Å². The SMILES string of the molecule is CCCCCCC1=CC(=O)CC(=O)[C@@H]2CCC[C@H]12. The van der Waals surface area contributed by atoms with Crippen LogP contribution in [0.15, 0.2) is 11.6 Å². The van der Waals surface area contributed by atoms with Crippen LogP contribution < -0.4 is 0 Å². The van der Waals surface area contributed by atoms with Gasteiger partial charge in [-0.05, 0) is 37.7 Å². The topological polar surface area (TPSA) is 34.1 Å². The van der Waals surface area contributed by atoms with Crippen molar-refractivity contribution in [3.63, 3.8) is 0 Å².